The molecular weight excluding hydrogens is 458 g/mol. The molecule has 2 heterocycles. The minimum atomic E-state index is -0.592. The summed E-state index contributed by atoms with van der Waals surface area (Å²) in [7, 11) is 0. The second-order valence-electron chi connectivity index (χ2n) is 5.42. The molecule has 3 fully saturated rings. The molecule has 3 aliphatic rings. The number of hydrogen-bond donors (Lipinski definition) is 1. The third-order valence-corrected chi connectivity index (χ3v) is 4.43. The van der Waals surface area contributed by atoms with Crippen LogP contribution in [-0.4, -0.2) is 35.3 Å². The predicted molar refractivity (Wildman–Crippen MR) is 61.1 cm³/mol. The fourth-order valence-electron chi connectivity index (χ4n) is 3.26. The fraction of sp³-hybridized carbons (Fsp3) is 0.923. The molecule has 1 N–H and O–H groups in total. The quantitative estimate of drug-likeness (QED) is 0.614. The molecule has 0 bridgehead atoms. The summed E-state index contributed by atoms with van der Waals surface area (Å²) in [5.41, 5.74) is -0.592. The first-order valence-corrected chi connectivity index (χ1v) is 6.71. The molecule has 1 spiro atoms. The Kier molecular flexibility index (Phi) is 4.85. The molecule has 0 aromatic carbocycles. The number of hydrogen-bond acceptors (Lipinski definition) is 4. The van der Waals surface area contributed by atoms with Crippen LogP contribution in [-0.2, 0) is 14.2 Å². The molecular formula is C13H21O4U-. The summed E-state index contributed by atoms with van der Waals surface area (Å²) in [6.45, 7) is 3.72. The summed E-state index contributed by atoms with van der Waals surface area (Å²) < 4.78 is 17.8. The first-order chi connectivity index (χ1) is 8.24. The zero-order chi connectivity index (χ0) is 11.9. The number of aliphatic hydroxyl groups excluding tert-OH is 1. The molecule has 102 valence electrons. The van der Waals surface area contributed by atoms with E-state index < -0.39 is 11.4 Å². The van der Waals surface area contributed by atoms with E-state index >= 15 is 0 Å². The zero-order valence-electron chi connectivity index (χ0n) is 10.9. The number of rotatable bonds is 2. The maximum Gasteiger partial charge on any atom is 0.166 e. The van der Waals surface area contributed by atoms with Crippen molar-refractivity contribution in [2.75, 3.05) is 6.61 Å². The topological polar surface area (TPSA) is 47.9 Å². The van der Waals surface area contributed by atoms with E-state index in [2.05, 4.69) is 0 Å². The standard InChI is InChI=1S/C13H21O4.U/c1-2-12(9-14)11-10(8-15-12)16-13(17-11)6-4-3-5-7-13;/h8,10-11,14H,2-7,9H2,1H3;/q-1;/t10?,11?,12-;/m1./s1. The molecule has 4 nitrogen and oxygen atoms in total. The van der Waals surface area contributed by atoms with Gasteiger partial charge in [-0.05, 0) is 25.4 Å². The Bertz CT molecular complexity index is 287. The van der Waals surface area contributed by atoms with Crippen LogP contribution in [0.5, 0.6) is 0 Å². The molecule has 3 atom stereocenters. The third-order valence-electron chi connectivity index (χ3n) is 4.43. The summed E-state index contributed by atoms with van der Waals surface area (Å²) in [6.07, 6.45) is 6.02. The Balaban J connectivity index is 0.00000120. The van der Waals surface area contributed by atoms with Gasteiger partial charge in [0.05, 0.1) is 18.3 Å². The molecule has 0 radical (unpaired) electrons. The molecule has 0 aromatic heterocycles. The van der Waals surface area contributed by atoms with E-state index in [0.717, 1.165) is 19.3 Å². The number of ether oxygens (including phenoxy) is 3. The Morgan fingerprint density at radius 1 is 1.22 bits per heavy atom. The van der Waals surface area contributed by atoms with Crippen LogP contribution >= 0.6 is 0 Å². The van der Waals surface area contributed by atoms with Crippen molar-refractivity contribution in [2.24, 2.45) is 0 Å². The van der Waals surface area contributed by atoms with Crippen molar-refractivity contribution in [2.45, 2.75) is 69.0 Å². The van der Waals surface area contributed by atoms with Gasteiger partial charge in [-0.2, -0.15) is 6.61 Å². The Labute approximate surface area is 132 Å². The molecule has 0 aromatic rings. The maximum absolute atomic E-state index is 9.57. The van der Waals surface area contributed by atoms with Gasteiger partial charge in [0.25, 0.3) is 0 Å². The van der Waals surface area contributed by atoms with Gasteiger partial charge in [0.15, 0.2) is 5.79 Å². The molecule has 2 unspecified atom stereocenters. The zero-order valence-corrected chi connectivity index (χ0v) is 15.0. The van der Waals surface area contributed by atoms with E-state index in [1.807, 2.05) is 6.92 Å². The van der Waals surface area contributed by atoms with Crippen LogP contribution in [0.1, 0.15) is 45.4 Å². The predicted octanol–water partition coefficient (Wildman–Crippen LogP) is 1.76. The van der Waals surface area contributed by atoms with Crippen LogP contribution in [0.25, 0.3) is 0 Å². The largest absolute Gasteiger partial charge is 0.541 e. The fourth-order valence-corrected chi connectivity index (χ4v) is 3.26. The normalized spacial score (nSPS) is 41.7. The summed E-state index contributed by atoms with van der Waals surface area (Å²) in [5.74, 6) is -0.399. The van der Waals surface area contributed by atoms with Crippen molar-refractivity contribution in [3.8, 4) is 0 Å². The first kappa shape index (κ1) is 15.3. The van der Waals surface area contributed by atoms with Gasteiger partial charge in [-0.3, -0.25) is 0 Å². The molecule has 3 rings (SSSR count). The minimum absolute atomic E-state index is 0. The van der Waals surface area contributed by atoms with Crippen LogP contribution < -0.4 is 0 Å². The summed E-state index contributed by atoms with van der Waals surface area (Å²) in [5, 5.41) is 9.57. The average Bonchev–Trinajstić information content (AvgIpc) is 2.86. The van der Waals surface area contributed by atoms with Crippen LogP contribution in [0.3, 0.4) is 0 Å². The second-order valence-corrected chi connectivity index (χ2v) is 5.42. The second kappa shape index (κ2) is 5.71. The van der Waals surface area contributed by atoms with E-state index in [1.54, 1.807) is 6.61 Å². The van der Waals surface area contributed by atoms with Gasteiger partial charge in [0.2, 0.25) is 0 Å². The van der Waals surface area contributed by atoms with Gasteiger partial charge in [-0.1, -0.05) is 13.3 Å². The van der Waals surface area contributed by atoms with E-state index in [-0.39, 0.29) is 49.9 Å². The van der Waals surface area contributed by atoms with Crippen molar-refractivity contribution < 1.29 is 50.4 Å². The monoisotopic (exact) mass is 479 g/mol. The van der Waals surface area contributed by atoms with Crippen molar-refractivity contribution in [3.05, 3.63) is 6.61 Å². The van der Waals surface area contributed by atoms with E-state index in [9.17, 15) is 5.11 Å². The van der Waals surface area contributed by atoms with Gasteiger partial charge in [-0.25, -0.2) is 0 Å². The molecule has 2 saturated heterocycles. The molecule has 1 aliphatic carbocycles. The SMILES string of the molecule is CC[C@]1(CO)O[CH-]C2OC3(CCCCC3)OC21.[U]. The molecule has 5 heteroatoms. The van der Waals surface area contributed by atoms with Gasteiger partial charge in [-0.15, -0.1) is 0 Å². The van der Waals surface area contributed by atoms with Gasteiger partial charge in [0, 0.05) is 44.0 Å². The average molecular weight is 479 g/mol. The maximum atomic E-state index is 9.57. The van der Waals surface area contributed by atoms with Gasteiger partial charge >= 0.3 is 0 Å². The van der Waals surface area contributed by atoms with Crippen LogP contribution in [0.2, 0.25) is 0 Å². The van der Waals surface area contributed by atoms with Crippen LogP contribution in [0, 0.1) is 37.7 Å². The Hall–Kier alpha value is 0.892. The van der Waals surface area contributed by atoms with Gasteiger partial charge < -0.3 is 19.3 Å². The van der Waals surface area contributed by atoms with Crippen LogP contribution in [0.15, 0.2) is 0 Å². The minimum Gasteiger partial charge on any atom is -0.541 e. The smallest absolute Gasteiger partial charge is 0.166 e. The first-order valence-electron chi connectivity index (χ1n) is 6.71. The molecule has 1 saturated carbocycles. The number of fused-ring (bicyclic) bond motifs is 1. The third kappa shape index (κ3) is 2.32. The van der Waals surface area contributed by atoms with Crippen molar-refractivity contribution in [1.29, 1.82) is 0 Å². The van der Waals surface area contributed by atoms with Gasteiger partial charge in [0.1, 0.15) is 0 Å². The molecule has 2 aliphatic heterocycles. The van der Waals surface area contributed by atoms with E-state index in [1.165, 1.54) is 19.3 Å². The Morgan fingerprint density at radius 2 is 1.94 bits per heavy atom. The molecule has 18 heavy (non-hydrogen) atoms. The van der Waals surface area contributed by atoms with Crippen LogP contribution in [0.4, 0.5) is 0 Å². The summed E-state index contributed by atoms with van der Waals surface area (Å²) >= 11 is 0. The van der Waals surface area contributed by atoms with Crippen molar-refractivity contribution >= 4 is 0 Å². The Morgan fingerprint density at radius 3 is 2.56 bits per heavy atom. The van der Waals surface area contributed by atoms with E-state index in [0.29, 0.717) is 0 Å². The molecule has 0 amide bonds. The number of aliphatic hydroxyl groups is 1. The van der Waals surface area contributed by atoms with Crippen molar-refractivity contribution in [1.82, 2.24) is 0 Å². The van der Waals surface area contributed by atoms with E-state index in [4.69, 9.17) is 14.2 Å². The van der Waals surface area contributed by atoms with Crippen molar-refractivity contribution in [3.63, 3.8) is 0 Å². The summed E-state index contributed by atoms with van der Waals surface area (Å²) in [4.78, 5) is 0. The summed E-state index contributed by atoms with van der Waals surface area (Å²) in [6, 6.07) is 0.